The lowest BCUT2D eigenvalue weighted by Crippen LogP contribution is -2.42. The summed E-state index contributed by atoms with van der Waals surface area (Å²) in [7, 11) is 0. The first-order valence-electron chi connectivity index (χ1n) is 6.49. The molecular formula is C15H16N2O2. The lowest BCUT2D eigenvalue weighted by atomic mass is 9.78. The molecule has 3 rings (SSSR count). The zero-order valence-corrected chi connectivity index (χ0v) is 10.8. The van der Waals surface area contributed by atoms with Gasteiger partial charge in [0.2, 0.25) is 0 Å². The van der Waals surface area contributed by atoms with Crippen molar-refractivity contribution in [1.29, 1.82) is 0 Å². The number of nitrogens with one attached hydrogen (secondary N) is 1. The Kier molecular flexibility index (Phi) is 2.66. The van der Waals surface area contributed by atoms with Crippen LogP contribution in [0, 0.1) is 0 Å². The number of nitrogens with zero attached hydrogens (tertiary/aromatic N) is 1. The van der Waals surface area contributed by atoms with Crippen LogP contribution in [0.2, 0.25) is 0 Å². The van der Waals surface area contributed by atoms with Crippen molar-refractivity contribution in [2.45, 2.75) is 31.7 Å². The van der Waals surface area contributed by atoms with E-state index in [1.54, 1.807) is 6.07 Å². The summed E-state index contributed by atoms with van der Waals surface area (Å²) in [5, 5.41) is 13.5. The Balaban J connectivity index is 2.09. The summed E-state index contributed by atoms with van der Waals surface area (Å²) >= 11 is 0. The second kappa shape index (κ2) is 4.23. The van der Waals surface area contributed by atoms with E-state index in [9.17, 15) is 9.90 Å². The van der Waals surface area contributed by atoms with Gasteiger partial charge in [-0.25, -0.2) is 9.78 Å². The number of pyridine rings is 1. The zero-order chi connectivity index (χ0) is 13.5. The van der Waals surface area contributed by atoms with E-state index in [1.807, 2.05) is 24.3 Å². The number of hydrogen-bond acceptors (Lipinski definition) is 3. The predicted octanol–water partition coefficient (Wildman–Crippen LogP) is 3.29. The summed E-state index contributed by atoms with van der Waals surface area (Å²) in [6.07, 6.45) is 3.29. The van der Waals surface area contributed by atoms with Gasteiger partial charge in [-0.15, -0.1) is 0 Å². The highest BCUT2D eigenvalue weighted by molar-refractivity contribution is 5.98. The second-order valence-corrected chi connectivity index (χ2v) is 5.42. The van der Waals surface area contributed by atoms with Crippen LogP contribution in [0.1, 0.15) is 36.5 Å². The molecule has 0 bridgehead atoms. The van der Waals surface area contributed by atoms with Crippen molar-refractivity contribution in [2.75, 3.05) is 5.32 Å². The summed E-state index contributed by atoms with van der Waals surface area (Å²) in [5.41, 5.74) is 1.05. The lowest BCUT2D eigenvalue weighted by molar-refractivity contribution is 0.0697. The minimum Gasteiger partial charge on any atom is -0.478 e. The Morgan fingerprint density at radius 2 is 2.11 bits per heavy atom. The van der Waals surface area contributed by atoms with Crippen molar-refractivity contribution in [3.05, 3.63) is 35.9 Å². The molecule has 0 radical (unpaired) electrons. The molecule has 19 heavy (non-hydrogen) atoms. The van der Waals surface area contributed by atoms with Crippen molar-refractivity contribution in [3.63, 3.8) is 0 Å². The van der Waals surface area contributed by atoms with Crippen LogP contribution in [-0.2, 0) is 0 Å². The molecule has 4 heteroatoms. The molecule has 2 N–H and O–H groups in total. The SMILES string of the molecule is CC1(Nc2nc3ccccc3cc2C(=O)O)CCC1. The molecule has 4 nitrogen and oxygen atoms in total. The third-order valence-corrected chi connectivity index (χ3v) is 3.83. The van der Waals surface area contributed by atoms with Gasteiger partial charge < -0.3 is 10.4 Å². The number of carbonyl (C=O) groups is 1. The molecule has 0 unspecified atom stereocenters. The molecular weight excluding hydrogens is 240 g/mol. The van der Waals surface area contributed by atoms with Gasteiger partial charge in [-0.3, -0.25) is 0 Å². The van der Waals surface area contributed by atoms with Crippen LogP contribution in [-0.4, -0.2) is 21.6 Å². The van der Waals surface area contributed by atoms with Gasteiger partial charge in [0, 0.05) is 10.9 Å². The maximum atomic E-state index is 11.4. The van der Waals surface area contributed by atoms with Crippen LogP contribution in [0.5, 0.6) is 0 Å². The van der Waals surface area contributed by atoms with Gasteiger partial charge in [-0.2, -0.15) is 0 Å². The fourth-order valence-electron chi connectivity index (χ4n) is 2.49. The van der Waals surface area contributed by atoms with Crippen LogP contribution >= 0.6 is 0 Å². The number of fused-ring (bicyclic) bond motifs is 1. The minimum absolute atomic E-state index is 0.0142. The Bertz CT molecular complexity index is 648. The number of aromatic nitrogens is 1. The molecule has 0 saturated heterocycles. The number of carboxylic acid groups (broad SMARTS) is 1. The highest BCUT2D eigenvalue weighted by Crippen LogP contribution is 2.35. The van der Waals surface area contributed by atoms with Gasteiger partial charge in [0.1, 0.15) is 11.4 Å². The van der Waals surface area contributed by atoms with E-state index in [1.165, 1.54) is 6.42 Å². The molecule has 0 aliphatic heterocycles. The standard InChI is InChI=1S/C15H16N2O2/c1-15(7-4-8-15)17-13-11(14(18)19)9-10-5-2-3-6-12(10)16-13/h2-3,5-6,9H,4,7-8H2,1H3,(H,16,17)(H,18,19). The lowest BCUT2D eigenvalue weighted by Gasteiger charge is -2.39. The minimum atomic E-state index is -0.941. The number of anilines is 1. The Morgan fingerprint density at radius 3 is 2.74 bits per heavy atom. The van der Waals surface area contributed by atoms with Crippen molar-refractivity contribution in [2.24, 2.45) is 0 Å². The van der Waals surface area contributed by atoms with Gasteiger partial charge in [-0.05, 0) is 38.3 Å². The van der Waals surface area contributed by atoms with Crippen LogP contribution in [0.4, 0.5) is 5.82 Å². The molecule has 1 saturated carbocycles. The predicted molar refractivity (Wildman–Crippen MR) is 74.6 cm³/mol. The van der Waals surface area contributed by atoms with Crippen LogP contribution in [0.3, 0.4) is 0 Å². The van der Waals surface area contributed by atoms with Gasteiger partial charge in [-0.1, -0.05) is 18.2 Å². The van der Waals surface area contributed by atoms with E-state index < -0.39 is 5.97 Å². The summed E-state index contributed by atoms with van der Waals surface area (Å²) in [6.45, 7) is 2.11. The number of para-hydroxylation sites is 1. The van der Waals surface area contributed by atoms with Gasteiger partial charge in [0.05, 0.1) is 5.52 Å². The normalized spacial score (nSPS) is 16.9. The number of hydrogen-bond donors (Lipinski definition) is 2. The zero-order valence-electron chi connectivity index (χ0n) is 10.8. The number of aromatic carboxylic acids is 1. The van der Waals surface area contributed by atoms with Crippen LogP contribution in [0.25, 0.3) is 10.9 Å². The van der Waals surface area contributed by atoms with E-state index in [0.29, 0.717) is 5.82 Å². The first-order chi connectivity index (χ1) is 9.07. The Hall–Kier alpha value is -2.10. The van der Waals surface area contributed by atoms with E-state index in [0.717, 1.165) is 23.7 Å². The first kappa shape index (κ1) is 12.0. The topological polar surface area (TPSA) is 62.2 Å². The fraction of sp³-hybridized carbons (Fsp3) is 0.333. The molecule has 1 aliphatic carbocycles. The first-order valence-corrected chi connectivity index (χ1v) is 6.49. The van der Waals surface area contributed by atoms with E-state index >= 15 is 0 Å². The fourth-order valence-corrected chi connectivity index (χ4v) is 2.49. The van der Waals surface area contributed by atoms with Gasteiger partial charge in [0.25, 0.3) is 0 Å². The molecule has 98 valence electrons. The Labute approximate surface area is 111 Å². The van der Waals surface area contributed by atoms with E-state index in [4.69, 9.17) is 0 Å². The van der Waals surface area contributed by atoms with Crippen molar-refractivity contribution >= 4 is 22.7 Å². The molecule has 1 fully saturated rings. The maximum absolute atomic E-state index is 11.4. The molecule has 1 heterocycles. The largest absolute Gasteiger partial charge is 0.478 e. The van der Waals surface area contributed by atoms with E-state index in [2.05, 4.69) is 17.2 Å². The average Bonchev–Trinajstić information content (AvgIpc) is 2.36. The molecule has 1 aliphatic rings. The average molecular weight is 256 g/mol. The number of carboxylic acids is 1. The van der Waals surface area contributed by atoms with Crippen LogP contribution in [0.15, 0.2) is 30.3 Å². The van der Waals surface area contributed by atoms with Crippen molar-refractivity contribution < 1.29 is 9.90 Å². The monoisotopic (exact) mass is 256 g/mol. The Morgan fingerprint density at radius 1 is 1.37 bits per heavy atom. The smallest absolute Gasteiger partial charge is 0.339 e. The van der Waals surface area contributed by atoms with Gasteiger partial charge in [0.15, 0.2) is 0 Å². The molecule has 0 atom stereocenters. The van der Waals surface area contributed by atoms with Crippen molar-refractivity contribution in [1.82, 2.24) is 4.98 Å². The second-order valence-electron chi connectivity index (χ2n) is 5.42. The number of rotatable bonds is 3. The number of benzene rings is 1. The molecule has 0 amide bonds. The third kappa shape index (κ3) is 2.14. The quantitative estimate of drug-likeness (QED) is 0.884. The third-order valence-electron chi connectivity index (χ3n) is 3.83. The molecule has 2 aromatic rings. The highest BCUT2D eigenvalue weighted by atomic mass is 16.4. The van der Waals surface area contributed by atoms with Gasteiger partial charge >= 0.3 is 5.97 Å². The summed E-state index contributed by atoms with van der Waals surface area (Å²) < 4.78 is 0. The summed E-state index contributed by atoms with van der Waals surface area (Å²) in [5.74, 6) is -0.461. The summed E-state index contributed by atoms with van der Waals surface area (Å²) in [4.78, 5) is 15.8. The van der Waals surface area contributed by atoms with E-state index in [-0.39, 0.29) is 11.1 Å². The van der Waals surface area contributed by atoms with Crippen molar-refractivity contribution in [3.8, 4) is 0 Å². The molecule has 0 spiro atoms. The van der Waals surface area contributed by atoms with Crippen LogP contribution < -0.4 is 5.32 Å². The summed E-state index contributed by atoms with van der Waals surface area (Å²) in [6, 6.07) is 9.26. The highest BCUT2D eigenvalue weighted by Gasteiger charge is 2.33. The maximum Gasteiger partial charge on any atom is 0.339 e. The molecule has 1 aromatic carbocycles. The molecule has 1 aromatic heterocycles.